The molecule has 0 unspecified atom stereocenters. The van der Waals surface area contributed by atoms with Crippen molar-refractivity contribution in [1.29, 1.82) is 0 Å². The zero-order chi connectivity index (χ0) is 16.2. The van der Waals surface area contributed by atoms with Crippen LogP contribution in [-0.2, 0) is 12.8 Å². The minimum Gasteiger partial charge on any atom is -0.496 e. The summed E-state index contributed by atoms with van der Waals surface area (Å²) in [4.78, 5) is 1.51. The molecule has 0 saturated heterocycles. The van der Waals surface area contributed by atoms with Gasteiger partial charge in [0.1, 0.15) is 5.75 Å². The standard InChI is InChI=1S/C15H18N6O2/c1-10-16-20-21(19-10)13-7-8-14(22-3)12(9-13)5-4-6-15-18-17-11(2)23-15/h7-9H,4-6H2,1-3H3. The van der Waals surface area contributed by atoms with E-state index in [1.807, 2.05) is 18.2 Å². The quantitative estimate of drug-likeness (QED) is 0.685. The number of aromatic nitrogens is 6. The number of aryl methyl sites for hydroxylation is 4. The Labute approximate surface area is 133 Å². The first-order chi connectivity index (χ1) is 11.2. The zero-order valence-electron chi connectivity index (χ0n) is 13.4. The first-order valence-electron chi connectivity index (χ1n) is 7.38. The first-order valence-corrected chi connectivity index (χ1v) is 7.38. The van der Waals surface area contributed by atoms with Crippen LogP contribution in [0.3, 0.4) is 0 Å². The summed E-state index contributed by atoms with van der Waals surface area (Å²) >= 11 is 0. The van der Waals surface area contributed by atoms with E-state index >= 15 is 0 Å². The molecule has 0 aliphatic carbocycles. The zero-order valence-corrected chi connectivity index (χ0v) is 13.4. The van der Waals surface area contributed by atoms with E-state index in [4.69, 9.17) is 9.15 Å². The highest BCUT2D eigenvalue weighted by molar-refractivity contribution is 5.43. The van der Waals surface area contributed by atoms with Gasteiger partial charge in [-0.25, -0.2) is 0 Å². The fourth-order valence-corrected chi connectivity index (χ4v) is 2.35. The second-order valence-corrected chi connectivity index (χ2v) is 5.19. The Balaban J connectivity index is 1.74. The summed E-state index contributed by atoms with van der Waals surface area (Å²) in [6.45, 7) is 3.59. The fraction of sp³-hybridized carbons (Fsp3) is 0.400. The van der Waals surface area contributed by atoms with Gasteiger partial charge in [0.05, 0.1) is 12.8 Å². The molecular formula is C15H18N6O2. The molecule has 0 N–H and O–H groups in total. The number of ether oxygens (including phenoxy) is 1. The van der Waals surface area contributed by atoms with Crippen LogP contribution >= 0.6 is 0 Å². The molecule has 1 aromatic carbocycles. The Morgan fingerprint density at radius 3 is 2.65 bits per heavy atom. The van der Waals surface area contributed by atoms with Gasteiger partial charge in [0.2, 0.25) is 11.8 Å². The lowest BCUT2D eigenvalue weighted by Gasteiger charge is -2.09. The topological polar surface area (TPSA) is 91.8 Å². The van der Waals surface area contributed by atoms with Crippen LogP contribution in [0, 0.1) is 13.8 Å². The van der Waals surface area contributed by atoms with E-state index in [9.17, 15) is 0 Å². The van der Waals surface area contributed by atoms with Gasteiger partial charge in [-0.05, 0) is 48.7 Å². The van der Waals surface area contributed by atoms with Crippen molar-refractivity contribution in [3.8, 4) is 11.4 Å². The number of rotatable bonds is 6. The van der Waals surface area contributed by atoms with Gasteiger partial charge >= 0.3 is 0 Å². The van der Waals surface area contributed by atoms with Gasteiger partial charge in [0, 0.05) is 13.3 Å². The van der Waals surface area contributed by atoms with Gasteiger partial charge in [-0.3, -0.25) is 0 Å². The predicted octanol–water partition coefficient (Wildman–Crippen LogP) is 1.85. The van der Waals surface area contributed by atoms with E-state index in [-0.39, 0.29) is 0 Å². The van der Waals surface area contributed by atoms with Crippen molar-refractivity contribution in [2.24, 2.45) is 0 Å². The van der Waals surface area contributed by atoms with Gasteiger partial charge in [-0.2, -0.15) is 0 Å². The monoisotopic (exact) mass is 314 g/mol. The summed E-state index contributed by atoms with van der Waals surface area (Å²) in [5.74, 6) is 2.72. The number of benzene rings is 1. The first kappa shape index (κ1) is 15.1. The largest absolute Gasteiger partial charge is 0.496 e. The normalized spacial score (nSPS) is 10.9. The highest BCUT2D eigenvalue weighted by Crippen LogP contribution is 2.23. The smallest absolute Gasteiger partial charge is 0.216 e. The van der Waals surface area contributed by atoms with Gasteiger partial charge in [0.25, 0.3) is 0 Å². The molecule has 8 heteroatoms. The van der Waals surface area contributed by atoms with E-state index in [0.717, 1.165) is 36.3 Å². The number of hydrogen-bond acceptors (Lipinski definition) is 7. The van der Waals surface area contributed by atoms with E-state index in [1.165, 1.54) is 4.80 Å². The van der Waals surface area contributed by atoms with Crippen molar-refractivity contribution in [2.75, 3.05) is 7.11 Å². The molecule has 0 bridgehead atoms. The molecule has 0 spiro atoms. The van der Waals surface area contributed by atoms with Crippen molar-refractivity contribution < 1.29 is 9.15 Å². The van der Waals surface area contributed by atoms with Crippen LogP contribution in [0.2, 0.25) is 0 Å². The van der Waals surface area contributed by atoms with Crippen molar-refractivity contribution in [1.82, 2.24) is 30.4 Å². The summed E-state index contributed by atoms with van der Waals surface area (Å²) in [6.07, 6.45) is 2.44. The van der Waals surface area contributed by atoms with Gasteiger partial charge in [0.15, 0.2) is 5.82 Å². The van der Waals surface area contributed by atoms with Gasteiger partial charge < -0.3 is 9.15 Å². The van der Waals surface area contributed by atoms with Crippen molar-refractivity contribution in [2.45, 2.75) is 33.1 Å². The summed E-state index contributed by atoms with van der Waals surface area (Å²) in [5, 5.41) is 20.0. The Kier molecular flexibility index (Phi) is 4.31. The Hall–Kier alpha value is -2.77. The summed E-state index contributed by atoms with van der Waals surface area (Å²) in [7, 11) is 1.66. The van der Waals surface area contributed by atoms with Crippen LogP contribution < -0.4 is 4.74 Å². The summed E-state index contributed by atoms with van der Waals surface area (Å²) < 4.78 is 10.8. The van der Waals surface area contributed by atoms with Crippen molar-refractivity contribution in [3.63, 3.8) is 0 Å². The maximum absolute atomic E-state index is 5.43. The van der Waals surface area contributed by atoms with E-state index in [1.54, 1.807) is 21.0 Å². The molecule has 0 radical (unpaired) electrons. The van der Waals surface area contributed by atoms with E-state index in [0.29, 0.717) is 17.6 Å². The Morgan fingerprint density at radius 2 is 2.00 bits per heavy atom. The third-order valence-electron chi connectivity index (χ3n) is 3.41. The fourth-order valence-electron chi connectivity index (χ4n) is 2.35. The minimum atomic E-state index is 0.590. The molecule has 2 heterocycles. The SMILES string of the molecule is COc1ccc(-n2nnc(C)n2)cc1CCCc1nnc(C)o1. The minimum absolute atomic E-state index is 0.590. The molecule has 3 rings (SSSR count). The third kappa shape index (κ3) is 3.53. The second kappa shape index (κ2) is 6.55. The highest BCUT2D eigenvalue weighted by atomic mass is 16.5. The molecule has 23 heavy (non-hydrogen) atoms. The van der Waals surface area contributed by atoms with E-state index in [2.05, 4.69) is 25.6 Å². The van der Waals surface area contributed by atoms with Crippen LogP contribution in [0.1, 0.15) is 29.6 Å². The van der Waals surface area contributed by atoms with Gasteiger partial charge in [-0.1, -0.05) is 0 Å². The molecule has 0 saturated carbocycles. The third-order valence-corrected chi connectivity index (χ3v) is 3.41. The molecular weight excluding hydrogens is 296 g/mol. The average Bonchev–Trinajstić information content (AvgIpc) is 3.16. The maximum atomic E-state index is 5.43. The lowest BCUT2D eigenvalue weighted by Crippen LogP contribution is -2.02. The lowest BCUT2D eigenvalue weighted by atomic mass is 10.1. The molecule has 0 aliphatic rings. The van der Waals surface area contributed by atoms with Crippen molar-refractivity contribution in [3.05, 3.63) is 41.4 Å². The molecule has 0 amide bonds. The van der Waals surface area contributed by atoms with Crippen LogP contribution in [-0.4, -0.2) is 37.5 Å². The average molecular weight is 314 g/mol. The molecule has 2 aromatic heterocycles. The number of hydrogen-bond donors (Lipinski definition) is 0. The summed E-state index contributed by atoms with van der Waals surface area (Å²) in [6, 6.07) is 5.84. The molecule has 120 valence electrons. The summed E-state index contributed by atoms with van der Waals surface area (Å²) in [5.41, 5.74) is 1.94. The number of nitrogens with zero attached hydrogens (tertiary/aromatic N) is 6. The molecule has 8 nitrogen and oxygen atoms in total. The number of methoxy groups -OCH3 is 1. The van der Waals surface area contributed by atoms with E-state index < -0.39 is 0 Å². The molecule has 3 aromatic rings. The van der Waals surface area contributed by atoms with Gasteiger partial charge in [-0.15, -0.1) is 25.2 Å². The van der Waals surface area contributed by atoms with Crippen LogP contribution in [0.25, 0.3) is 5.69 Å². The predicted molar refractivity (Wildman–Crippen MR) is 81.5 cm³/mol. The molecule has 0 atom stereocenters. The second-order valence-electron chi connectivity index (χ2n) is 5.19. The van der Waals surface area contributed by atoms with Crippen LogP contribution in [0.15, 0.2) is 22.6 Å². The number of tetrazole rings is 1. The molecule has 0 aliphatic heterocycles. The van der Waals surface area contributed by atoms with Crippen molar-refractivity contribution >= 4 is 0 Å². The Morgan fingerprint density at radius 1 is 1.13 bits per heavy atom. The van der Waals surface area contributed by atoms with Crippen LogP contribution in [0.5, 0.6) is 5.75 Å². The highest BCUT2D eigenvalue weighted by Gasteiger charge is 2.09. The Bertz CT molecular complexity index is 795. The lowest BCUT2D eigenvalue weighted by molar-refractivity contribution is 0.408. The van der Waals surface area contributed by atoms with Crippen LogP contribution in [0.4, 0.5) is 0 Å². The molecule has 0 fully saturated rings. The maximum Gasteiger partial charge on any atom is 0.216 e.